The number of rotatable bonds is 5. The van der Waals surface area contributed by atoms with Crippen LogP contribution in [0.15, 0.2) is 47.5 Å². The minimum Gasteiger partial charge on any atom is -0.370 e. The molecule has 0 aliphatic heterocycles. The predicted octanol–water partition coefficient (Wildman–Crippen LogP) is 3.50. The third kappa shape index (κ3) is 4.28. The van der Waals surface area contributed by atoms with E-state index in [1.807, 2.05) is 24.3 Å². The van der Waals surface area contributed by atoms with E-state index in [4.69, 9.17) is 5.73 Å². The summed E-state index contributed by atoms with van der Waals surface area (Å²) in [5.74, 6) is -0.889. The van der Waals surface area contributed by atoms with E-state index in [9.17, 15) is 8.78 Å². The molecule has 5 heteroatoms. The lowest BCUT2D eigenvalue weighted by Crippen LogP contribution is -2.23. The molecule has 2 aromatic rings. The van der Waals surface area contributed by atoms with Gasteiger partial charge in [-0.3, -0.25) is 4.99 Å². The van der Waals surface area contributed by atoms with Gasteiger partial charge in [-0.2, -0.15) is 0 Å². The maximum Gasteiger partial charge on any atom is 0.193 e. The van der Waals surface area contributed by atoms with Gasteiger partial charge in [-0.15, -0.1) is 0 Å². The Bertz CT molecular complexity index is 648. The number of aryl methyl sites for hydroxylation is 1. The Morgan fingerprint density at radius 1 is 1.14 bits per heavy atom. The average Bonchev–Trinajstić information content (AvgIpc) is 2.50. The Labute approximate surface area is 128 Å². The van der Waals surface area contributed by atoms with Gasteiger partial charge in [-0.1, -0.05) is 25.1 Å². The van der Waals surface area contributed by atoms with Crippen LogP contribution in [0.3, 0.4) is 0 Å². The number of halogens is 2. The molecule has 22 heavy (non-hydrogen) atoms. The number of benzene rings is 2. The summed E-state index contributed by atoms with van der Waals surface area (Å²) in [6.07, 6.45) is 1.09. The molecule has 0 spiro atoms. The summed E-state index contributed by atoms with van der Waals surface area (Å²) in [5, 5.41) is 2.97. The molecular formula is C17H19F2N3. The first kappa shape index (κ1) is 15.9. The van der Waals surface area contributed by atoms with Gasteiger partial charge in [0.05, 0.1) is 0 Å². The van der Waals surface area contributed by atoms with Gasteiger partial charge in [0.25, 0.3) is 0 Å². The molecule has 2 rings (SSSR count). The van der Waals surface area contributed by atoms with Crippen LogP contribution >= 0.6 is 0 Å². The van der Waals surface area contributed by atoms with Gasteiger partial charge < -0.3 is 11.1 Å². The standard InChI is InChI=1S/C17H19F2N3/c1-2-12-5-3-6-13(11-12)22-17(20)21-10-9-14-15(18)7-4-8-16(14)19/h3-8,11H,2,9-10H2,1H3,(H3,20,21,22). The first-order chi connectivity index (χ1) is 10.6. The highest BCUT2D eigenvalue weighted by Crippen LogP contribution is 2.13. The lowest BCUT2D eigenvalue weighted by atomic mass is 10.1. The number of aliphatic imine (C=N–C) groups is 1. The van der Waals surface area contributed by atoms with Crippen molar-refractivity contribution in [2.75, 3.05) is 11.9 Å². The molecule has 0 atom stereocenters. The summed E-state index contributed by atoms with van der Waals surface area (Å²) in [6.45, 7) is 2.28. The van der Waals surface area contributed by atoms with Crippen LogP contribution in [0.1, 0.15) is 18.1 Å². The largest absolute Gasteiger partial charge is 0.370 e. The Morgan fingerprint density at radius 3 is 2.50 bits per heavy atom. The van der Waals surface area contributed by atoms with E-state index in [2.05, 4.69) is 17.2 Å². The fourth-order valence-corrected chi connectivity index (χ4v) is 2.12. The number of anilines is 1. The molecule has 0 radical (unpaired) electrons. The maximum absolute atomic E-state index is 13.5. The maximum atomic E-state index is 13.5. The summed E-state index contributed by atoms with van der Waals surface area (Å²) < 4.78 is 26.9. The van der Waals surface area contributed by atoms with Gasteiger partial charge in [-0.05, 0) is 42.7 Å². The van der Waals surface area contributed by atoms with Crippen LogP contribution in [0.2, 0.25) is 0 Å². The first-order valence-electron chi connectivity index (χ1n) is 7.19. The second-order valence-corrected chi connectivity index (χ2v) is 4.90. The quantitative estimate of drug-likeness (QED) is 0.656. The molecule has 0 unspecified atom stereocenters. The molecule has 0 aliphatic rings. The third-order valence-corrected chi connectivity index (χ3v) is 3.31. The van der Waals surface area contributed by atoms with E-state index in [0.29, 0.717) is 0 Å². The molecular weight excluding hydrogens is 284 g/mol. The second kappa shape index (κ2) is 7.54. The van der Waals surface area contributed by atoms with Gasteiger partial charge in [0.1, 0.15) is 11.6 Å². The minimum absolute atomic E-state index is 0.0343. The molecule has 0 bridgehead atoms. The fraction of sp³-hybridized carbons (Fsp3) is 0.235. The van der Waals surface area contributed by atoms with E-state index in [-0.39, 0.29) is 24.5 Å². The minimum atomic E-state index is -0.558. The normalized spacial score (nSPS) is 11.5. The topological polar surface area (TPSA) is 50.4 Å². The van der Waals surface area contributed by atoms with Gasteiger partial charge in [-0.25, -0.2) is 8.78 Å². The van der Waals surface area contributed by atoms with E-state index in [0.717, 1.165) is 12.1 Å². The molecule has 0 fully saturated rings. The molecule has 0 saturated heterocycles. The van der Waals surface area contributed by atoms with Gasteiger partial charge in [0.2, 0.25) is 0 Å². The number of nitrogens with two attached hydrogens (primary N) is 1. The molecule has 0 amide bonds. The molecule has 0 aliphatic carbocycles. The molecule has 3 nitrogen and oxygen atoms in total. The van der Waals surface area contributed by atoms with E-state index in [1.54, 1.807) is 0 Å². The smallest absolute Gasteiger partial charge is 0.193 e. The van der Waals surface area contributed by atoms with Crippen LogP contribution in [0, 0.1) is 11.6 Å². The zero-order valence-corrected chi connectivity index (χ0v) is 12.4. The Hall–Kier alpha value is -2.43. The van der Waals surface area contributed by atoms with E-state index >= 15 is 0 Å². The number of hydrogen-bond acceptors (Lipinski definition) is 1. The van der Waals surface area contributed by atoms with Gasteiger partial charge in [0.15, 0.2) is 5.96 Å². The van der Waals surface area contributed by atoms with Crippen molar-refractivity contribution < 1.29 is 8.78 Å². The lowest BCUT2D eigenvalue weighted by molar-refractivity contribution is 0.556. The summed E-state index contributed by atoms with van der Waals surface area (Å²) in [4.78, 5) is 4.10. The van der Waals surface area contributed by atoms with Crippen molar-refractivity contribution in [3.63, 3.8) is 0 Å². The van der Waals surface area contributed by atoms with Crippen molar-refractivity contribution in [2.45, 2.75) is 19.8 Å². The monoisotopic (exact) mass is 303 g/mol. The lowest BCUT2D eigenvalue weighted by Gasteiger charge is -2.07. The predicted molar refractivity (Wildman–Crippen MR) is 86.0 cm³/mol. The summed E-state index contributed by atoms with van der Waals surface area (Å²) in [5.41, 5.74) is 7.85. The summed E-state index contributed by atoms with van der Waals surface area (Å²) >= 11 is 0. The van der Waals surface area contributed by atoms with Crippen LogP contribution < -0.4 is 11.1 Å². The zero-order chi connectivity index (χ0) is 15.9. The summed E-state index contributed by atoms with van der Waals surface area (Å²) in [7, 11) is 0. The molecule has 3 N–H and O–H groups in total. The highest BCUT2D eigenvalue weighted by Gasteiger charge is 2.07. The Balaban J connectivity index is 1.95. The molecule has 0 heterocycles. The van der Waals surface area contributed by atoms with Crippen molar-refractivity contribution in [3.8, 4) is 0 Å². The highest BCUT2D eigenvalue weighted by molar-refractivity contribution is 5.92. The van der Waals surface area contributed by atoms with Crippen LogP contribution in [-0.2, 0) is 12.8 Å². The van der Waals surface area contributed by atoms with Gasteiger partial charge in [0, 0.05) is 17.8 Å². The second-order valence-electron chi connectivity index (χ2n) is 4.90. The zero-order valence-electron chi connectivity index (χ0n) is 12.4. The Morgan fingerprint density at radius 2 is 1.82 bits per heavy atom. The number of nitrogens with one attached hydrogen (secondary N) is 1. The van der Waals surface area contributed by atoms with Gasteiger partial charge >= 0.3 is 0 Å². The number of nitrogens with zero attached hydrogens (tertiary/aromatic N) is 1. The van der Waals surface area contributed by atoms with Crippen molar-refractivity contribution in [1.29, 1.82) is 0 Å². The van der Waals surface area contributed by atoms with Crippen LogP contribution in [0.25, 0.3) is 0 Å². The Kier molecular flexibility index (Phi) is 5.47. The average molecular weight is 303 g/mol. The number of hydrogen-bond donors (Lipinski definition) is 2. The molecule has 0 aromatic heterocycles. The number of guanidine groups is 1. The molecule has 2 aromatic carbocycles. The van der Waals surface area contributed by atoms with Crippen LogP contribution in [-0.4, -0.2) is 12.5 Å². The van der Waals surface area contributed by atoms with E-state index < -0.39 is 11.6 Å². The van der Waals surface area contributed by atoms with Crippen molar-refractivity contribution in [1.82, 2.24) is 0 Å². The SMILES string of the molecule is CCc1cccc(NC(N)=NCCc2c(F)cccc2F)c1. The van der Waals surface area contributed by atoms with Crippen molar-refractivity contribution in [2.24, 2.45) is 10.7 Å². The first-order valence-corrected chi connectivity index (χ1v) is 7.19. The third-order valence-electron chi connectivity index (χ3n) is 3.31. The highest BCUT2D eigenvalue weighted by atomic mass is 19.1. The molecule has 116 valence electrons. The fourth-order valence-electron chi connectivity index (χ4n) is 2.12. The van der Waals surface area contributed by atoms with Crippen molar-refractivity contribution in [3.05, 3.63) is 65.2 Å². The van der Waals surface area contributed by atoms with E-state index in [1.165, 1.54) is 23.8 Å². The van der Waals surface area contributed by atoms with Crippen molar-refractivity contribution >= 4 is 11.6 Å². The van der Waals surface area contributed by atoms with Crippen LogP contribution in [0.5, 0.6) is 0 Å². The van der Waals surface area contributed by atoms with Crippen LogP contribution in [0.4, 0.5) is 14.5 Å². The molecule has 0 saturated carbocycles. The summed E-state index contributed by atoms with van der Waals surface area (Å²) in [6, 6.07) is 11.6.